The third kappa shape index (κ3) is 3.30. The van der Waals surface area contributed by atoms with E-state index >= 15 is 0 Å². The fraction of sp³-hybridized carbons (Fsp3) is 0.500. The van der Waals surface area contributed by atoms with Crippen LogP contribution >= 0.6 is 0 Å². The second-order valence-corrected chi connectivity index (χ2v) is 8.56. The van der Waals surface area contributed by atoms with Crippen molar-refractivity contribution in [3.63, 3.8) is 0 Å². The molecule has 0 radical (unpaired) electrons. The van der Waals surface area contributed by atoms with Gasteiger partial charge < -0.3 is 4.90 Å². The number of anilines is 1. The number of aromatic nitrogens is 2. The lowest BCUT2D eigenvalue weighted by atomic mass is 10.1. The Balaban J connectivity index is 1.80. The Morgan fingerprint density at radius 2 is 1.84 bits per heavy atom. The Morgan fingerprint density at radius 3 is 2.40 bits per heavy atom. The first kappa shape index (κ1) is 17.9. The number of benzene rings is 1. The van der Waals surface area contributed by atoms with E-state index in [9.17, 15) is 8.42 Å². The summed E-state index contributed by atoms with van der Waals surface area (Å²) in [7, 11) is -3.50. The van der Waals surface area contributed by atoms with Crippen LogP contribution in [0, 0.1) is 13.8 Å². The van der Waals surface area contributed by atoms with E-state index < -0.39 is 10.0 Å². The summed E-state index contributed by atoms with van der Waals surface area (Å²) in [5.41, 5.74) is 3.07. The molecule has 0 amide bonds. The summed E-state index contributed by atoms with van der Waals surface area (Å²) in [6, 6.07) is 8.51. The molecule has 0 spiro atoms. The van der Waals surface area contributed by atoms with Gasteiger partial charge in [0.2, 0.25) is 10.0 Å². The summed E-state index contributed by atoms with van der Waals surface area (Å²) in [6.45, 7) is 10.2. The molecule has 2 heterocycles. The van der Waals surface area contributed by atoms with Crippen molar-refractivity contribution in [1.82, 2.24) is 14.1 Å². The molecule has 1 atom stereocenters. The monoisotopic (exact) mass is 362 g/mol. The van der Waals surface area contributed by atoms with E-state index in [0.29, 0.717) is 36.8 Å². The van der Waals surface area contributed by atoms with Crippen LogP contribution in [-0.2, 0) is 16.6 Å². The zero-order valence-electron chi connectivity index (χ0n) is 15.3. The van der Waals surface area contributed by atoms with Crippen LogP contribution in [0.3, 0.4) is 0 Å². The van der Waals surface area contributed by atoms with Gasteiger partial charge in [-0.15, -0.1) is 0 Å². The summed E-state index contributed by atoms with van der Waals surface area (Å²) in [4.78, 5) is 2.60. The Morgan fingerprint density at radius 1 is 1.16 bits per heavy atom. The van der Waals surface area contributed by atoms with Gasteiger partial charge in [-0.05, 0) is 39.8 Å². The quantitative estimate of drug-likeness (QED) is 0.838. The number of rotatable bonds is 4. The van der Waals surface area contributed by atoms with Crippen LogP contribution in [0.5, 0.6) is 0 Å². The van der Waals surface area contributed by atoms with E-state index in [4.69, 9.17) is 0 Å². The first-order valence-electron chi connectivity index (χ1n) is 8.70. The highest BCUT2D eigenvalue weighted by molar-refractivity contribution is 7.89. The molecule has 1 aromatic heterocycles. The lowest BCUT2D eigenvalue weighted by molar-refractivity contribution is 0.342. The number of piperazine rings is 1. The summed E-state index contributed by atoms with van der Waals surface area (Å²) in [6.07, 6.45) is 1.48. The fourth-order valence-corrected chi connectivity index (χ4v) is 5.07. The van der Waals surface area contributed by atoms with Crippen molar-refractivity contribution in [1.29, 1.82) is 0 Å². The van der Waals surface area contributed by atoms with E-state index in [1.54, 1.807) is 8.99 Å². The summed E-state index contributed by atoms with van der Waals surface area (Å²) in [5.74, 6) is 0. The molecule has 1 aromatic carbocycles. The Bertz CT molecular complexity index is 842. The number of nitrogens with zero attached hydrogens (tertiary/aromatic N) is 4. The van der Waals surface area contributed by atoms with Gasteiger partial charge in [0, 0.05) is 37.9 Å². The van der Waals surface area contributed by atoms with E-state index in [2.05, 4.69) is 48.1 Å². The average molecular weight is 362 g/mol. The van der Waals surface area contributed by atoms with Gasteiger partial charge in [0.15, 0.2) is 0 Å². The minimum absolute atomic E-state index is 0.118. The van der Waals surface area contributed by atoms with Crippen LogP contribution in [0.1, 0.15) is 25.1 Å². The molecule has 3 rings (SSSR count). The first-order valence-corrected chi connectivity index (χ1v) is 10.1. The van der Waals surface area contributed by atoms with Gasteiger partial charge in [-0.25, -0.2) is 8.42 Å². The topological polar surface area (TPSA) is 58.4 Å². The molecule has 0 N–H and O–H groups in total. The number of hydrogen-bond donors (Lipinski definition) is 0. The molecular weight excluding hydrogens is 336 g/mol. The van der Waals surface area contributed by atoms with Gasteiger partial charge in [-0.2, -0.15) is 9.40 Å². The summed E-state index contributed by atoms with van der Waals surface area (Å²) in [5, 5.41) is 4.19. The number of sulfonamides is 1. The normalized spacial score (nSPS) is 19.4. The molecule has 0 aliphatic carbocycles. The highest BCUT2D eigenvalue weighted by Gasteiger charge is 2.34. The predicted octanol–water partition coefficient (Wildman–Crippen LogP) is 2.42. The minimum Gasteiger partial charge on any atom is -0.366 e. The molecule has 25 heavy (non-hydrogen) atoms. The van der Waals surface area contributed by atoms with E-state index in [-0.39, 0.29) is 6.04 Å². The van der Waals surface area contributed by atoms with Gasteiger partial charge in [-0.1, -0.05) is 17.7 Å². The molecule has 0 saturated carbocycles. The SMILES string of the molecule is CCn1ncc(S(=O)(=O)N2CCN(c3ccc(C)cc3)C(C)C2)c1C. The number of hydrogen-bond acceptors (Lipinski definition) is 4. The van der Waals surface area contributed by atoms with Gasteiger partial charge >= 0.3 is 0 Å². The van der Waals surface area contributed by atoms with Crippen LogP contribution in [0.15, 0.2) is 35.4 Å². The summed E-state index contributed by atoms with van der Waals surface area (Å²) < 4.78 is 29.4. The standard InChI is InChI=1S/C18H26N4O2S/c1-5-22-16(4)18(12-19-22)25(23,24)20-10-11-21(15(3)13-20)17-8-6-14(2)7-9-17/h6-9,12,15H,5,10-11,13H2,1-4H3. The van der Waals surface area contributed by atoms with E-state index in [1.807, 2.05) is 13.8 Å². The molecule has 1 fully saturated rings. The second kappa shape index (κ2) is 6.80. The van der Waals surface area contributed by atoms with Crippen LogP contribution in [0.4, 0.5) is 5.69 Å². The average Bonchev–Trinajstić information content (AvgIpc) is 2.97. The smallest absolute Gasteiger partial charge is 0.246 e. The fourth-order valence-electron chi connectivity index (χ4n) is 3.40. The van der Waals surface area contributed by atoms with Gasteiger partial charge in [-0.3, -0.25) is 4.68 Å². The van der Waals surface area contributed by atoms with E-state index in [0.717, 1.165) is 5.69 Å². The van der Waals surface area contributed by atoms with Crippen LogP contribution < -0.4 is 4.90 Å². The Labute approximate surface area is 150 Å². The Hall–Kier alpha value is -1.86. The van der Waals surface area contributed by atoms with Crippen LogP contribution in [0.25, 0.3) is 0 Å². The van der Waals surface area contributed by atoms with Crippen LogP contribution in [-0.4, -0.2) is 48.2 Å². The van der Waals surface area contributed by atoms with Crippen molar-refractivity contribution >= 4 is 15.7 Å². The molecule has 1 saturated heterocycles. The second-order valence-electron chi connectivity index (χ2n) is 6.65. The van der Waals surface area contributed by atoms with Gasteiger partial charge in [0.25, 0.3) is 0 Å². The lowest BCUT2D eigenvalue weighted by Gasteiger charge is -2.40. The van der Waals surface area contributed by atoms with Crippen molar-refractivity contribution < 1.29 is 8.42 Å². The van der Waals surface area contributed by atoms with Crippen molar-refractivity contribution in [2.75, 3.05) is 24.5 Å². The van der Waals surface area contributed by atoms with Crippen molar-refractivity contribution in [3.05, 3.63) is 41.7 Å². The molecule has 0 bridgehead atoms. The third-order valence-electron chi connectivity index (χ3n) is 4.93. The highest BCUT2D eigenvalue weighted by atomic mass is 32.2. The van der Waals surface area contributed by atoms with Gasteiger partial charge in [0.1, 0.15) is 4.90 Å². The highest BCUT2D eigenvalue weighted by Crippen LogP contribution is 2.26. The maximum atomic E-state index is 13.0. The first-order chi connectivity index (χ1) is 11.8. The predicted molar refractivity (Wildman–Crippen MR) is 99.4 cm³/mol. The van der Waals surface area contributed by atoms with Crippen LogP contribution in [0.2, 0.25) is 0 Å². The molecule has 1 unspecified atom stereocenters. The maximum absolute atomic E-state index is 13.0. The molecule has 2 aromatic rings. The zero-order valence-corrected chi connectivity index (χ0v) is 16.1. The molecule has 1 aliphatic heterocycles. The molecule has 136 valence electrons. The zero-order chi connectivity index (χ0) is 18.2. The summed E-state index contributed by atoms with van der Waals surface area (Å²) >= 11 is 0. The molecule has 7 heteroatoms. The molecular formula is C18H26N4O2S. The Kier molecular flexibility index (Phi) is 4.88. The van der Waals surface area contributed by atoms with Crippen molar-refractivity contribution in [3.8, 4) is 0 Å². The van der Waals surface area contributed by atoms with Crippen molar-refractivity contribution in [2.24, 2.45) is 0 Å². The maximum Gasteiger partial charge on any atom is 0.246 e. The molecule has 1 aliphatic rings. The van der Waals surface area contributed by atoms with E-state index in [1.165, 1.54) is 11.8 Å². The largest absolute Gasteiger partial charge is 0.366 e. The van der Waals surface area contributed by atoms with Crippen molar-refractivity contribution in [2.45, 2.75) is 45.2 Å². The molecule has 6 nitrogen and oxygen atoms in total. The minimum atomic E-state index is -3.50. The third-order valence-corrected chi connectivity index (χ3v) is 6.90. The van der Waals surface area contributed by atoms with Gasteiger partial charge in [0.05, 0.1) is 11.9 Å². The number of aryl methyl sites for hydroxylation is 2. The lowest BCUT2D eigenvalue weighted by Crippen LogP contribution is -2.53.